The molecule has 0 radical (unpaired) electrons. The van der Waals surface area contributed by atoms with Gasteiger partial charge in [-0.1, -0.05) is 80.9 Å². The Hall–Kier alpha value is -3.45. The van der Waals surface area contributed by atoms with Crippen LogP contribution in [0.5, 0.6) is 0 Å². The van der Waals surface area contributed by atoms with E-state index in [1.54, 1.807) is 61.5 Å². The lowest BCUT2D eigenvalue weighted by molar-refractivity contribution is -0.119. The highest BCUT2D eigenvalue weighted by Gasteiger charge is 2.27. The van der Waals surface area contributed by atoms with Crippen molar-refractivity contribution in [2.24, 2.45) is 5.10 Å². The van der Waals surface area contributed by atoms with Gasteiger partial charge < -0.3 is 0 Å². The zero-order valence-corrected chi connectivity index (χ0v) is 21.1. The van der Waals surface area contributed by atoms with Crippen LogP contribution < -0.4 is 9.73 Å². The van der Waals surface area contributed by atoms with Crippen LogP contribution in [0.15, 0.2) is 88.9 Å². The quantitative estimate of drug-likeness (QED) is 0.383. The highest BCUT2D eigenvalue weighted by Crippen LogP contribution is 2.24. The summed E-state index contributed by atoms with van der Waals surface area (Å²) < 4.78 is 27.8. The molecule has 0 aromatic heterocycles. The van der Waals surface area contributed by atoms with Gasteiger partial charge in [0.05, 0.1) is 16.3 Å². The molecule has 0 heterocycles. The fourth-order valence-corrected chi connectivity index (χ4v) is 4.76. The van der Waals surface area contributed by atoms with Crippen molar-refractivity contribution in [1.82, 2.24) is 5.43 Å². The van der Waals surface area contributed by atoms with Crippen LogP contribution in [0.3, 0.4) is 0 Å². The van der Waals surface area contributed by atoms with Crippen LogP contribution in [0, 0.1) is 6.92 Å². The Morgan fingerprint density at radius 2 is 1.50 bits per heavy atom. The number of amides is 1. The maximum absolute atomic E-state index is 13.4. The number of sulfonamides is 1. The van der Waals surface area contributed by atoms with E-state index in [1.807, 2.05) is 31.2 Å². The maximum atomic E-state index is 13.4. The molecule has 0 saturated heterocycles. The largest absolute Gasteiger partial charge is 0.271 e. The van der Waals surface area contributed by atoms with E-state index < -0.39 is 22.5 Å². The molecule has 0 aliphatic carbocycles. The number of carbonyl (C=O) groups excluding carboxylic acids is 1. The maximum Gasteiger partial charge on any atom is 0.264 e. The lowest BCUT2D eigenvalue weighted by atomic mass is 9.86. The summed E-state index contributed by atoms with van der Waals surface area (Å²) >= 11 is 0. The van der Waals surface area contributed by atoms with Crippen molar-refractivity contribution in [3.05, 3.63) is 95.6 Å². The molecule has 3 aromatic carbocycles. The summed E-state index contributed by atoms with van der Waals surface area (Å²) in [5.41, 5.74) is 6.60. The van der Waals surface area contributed by atoms with E-state index in [4.69, 9.17) is 0 Å². The van der Waals surface area contributed by atoms with E-state index >= 15 is 0 Å². The van der Waals surface area contributed by atoms with E-state index in [0.29, 0.717) is 11.4 Å². The zero-order valence-electron chi connectivity index (χ0n) is 20.2. The molecule has 0 fully saturated rings. The lowest BCUT2D eigenvalue weighted by Crippen LogP contribution is -2.39. The van der Waals surface area contributed by atoms with Gasteiger partial charge in [-0.3, -0.25) is 9.10 Å². The first-order valence-electron chi connectivity index (χ1n) is 11.1. The Balaban J connectivity index is 1.80. The van der Waals surface area contributed by atoms with Gasteiger partial charge >= 0.3 is 0 Å². The molecule has 0 atom stereocenters. The Morgan fingerprint density at radius 1 is 0.912 bits per heavy atom. The van der Waals surface area contributed by atoms with Gasteiger partial charge in [0.1, 0.15) is 6.54 Å². The number of aryl methyl sites for hydroxylation is 1. The van der Waals surface area contributed by atoms with Crippen molar-refractivity contribution in [1.29, 1.82) is 0 Å². The van der Waals surface area contributed by atoms with Crippen LogP contribution in [-0.4, -0.2) is 26.6 Å². The number of carbonyl (C=O) groups is 1. The molecule has 6 nitrogen and oxygen atoms in total. The molecular weight excluding hydrogens is 446 g/mol. The average Bonchev–Trinajstić information content (AvgIpc) is 2.81. The monoisotopic (exact) mass is 477 g/mol. The summed E-state index contributed by atoms with van der Waals surface area (Å²) in [5, 5.41) is 4.19. The summed E-state index contributed by atoms with van der Waals surface area (Å²) in [4.78, 5) is 12.9. The van der Waals surface area contributed by atoms with Gasteiger partial charge in [-0.25, -0.2) is 13.8 Å². The topological polar surface area (TPSA) is 78.8 Å². The Morgan fingerprint density at radius 3 is 2.06 bits per heavy atom. The highest BCUT2D eigenvalue weighted by atomic mass is 32.2. The summed E-state index contributed by atoms with van der Waals surface area (Å²) in [6.45, 7) is 9.71. The van der Waals surface area contributed by atoms with Gasteiger partial charge in [-0.05, 0) is 54.7 Å². The number of hydrogen-bond acceptors (Lipinski definition) is 4. The van der Waals surface area contributed by atoms with Gasteiger partial charge in [-0.15, -0.1) is 0 Å². The molecule has 7 heteroatoms. The molecule has 0 saturated carbocycles. The predicted molar refractivity (Wildman–Crippen MR) is 138 cm³/mol. The lowest BCUT2D eigenvalue weighted by Gasteiger charge is -2.23. The van der Waals surface area contributed by atoms with Crippen molar-refractivity contribution in [3.63, 3.8) is 0 Å². The average molecular weight is 478 g/mol. The number of para-hydroxylation sites is 1. The molecule has 3 aromatic rings. The van der Waals surface area contributed by atoms with Gasteiger partial charge in [0.15, 0.2) is 0 Å². The third kappa shape index (κ3) is 6.11. The van der Waals surface area contributed by atoms with Crippen LogP contribution in [0.4, 0.5) is 5.69 Å². The second kappa shape index (κ2) is 10.2. The molecule has 1 amide bonds. The molecule has 0 unspecified atom stereocenters. The molecule has 0 bridgehead atoms. The Bertz CT molecular complexity index is 1260. The van der Waals surface area contributed by atoms with Crippen LogP contribution in [0.25, 0.3) is 0 Å². The van der Waals surface area contributed by atoms with Crippen molar-refractivity contribution in [2.75, 3.05) is 10.8 Å². The molecule has 0 aliphatic rings. The smallest absolute Gasteiger partial charge is 0.264 e. The number of nitrogens with zero attached hydrogens (tertiary/aromatic N) is 2. The van der Waals surface area contributed by atoms with E-state index in [0.717, 1.165) is 15.4 Å². The van der Waals surface area contributed by atoms with Gasteiger partial charge in [0, 0.05) is 0 Å². The molecule has 178 valence electrons. The Kier molecular flexibility index (Phi) is 7.57. The van der Waals surface area contributed by atoms with Crippen molar-refractivity contribution in [3.8, 4) is 0 Å². The number of hydrogen-bond donors (Lipinski definition) is 1. The van der Waals surface area contributed by atoms with Crippen LogP contribution in [-0.2, 0) is 20.2 Å². The fourth-order valence-electron chi connectivity index (χ4n) is 3.33. The third-order valence-corrected chi connectivity index (χ3v) is 7.25. The van der Waals surface area contributed by atoms with Crippen molar-refractivity contribution >= 4 is 27.3 Å². The van der Waals surface area contributed by atoms with E-state index in [2.05, 4.69) is 31.3 Å². The molecular formula is C27H31N3O3S. The van der Waals surface area contributed by atoms with Gasteiger partial charge in [-0.2, -0.15) is 5.10 Å². The van der Waals surface area contributed by atoms with Gasteiger partial charge in [0.25, 0.3) is 15.9 Å². The fraction of sp³-hybridized carbons (Fsp3) is 0.259. The van der Waals surface area contributed by atoms with Crippen LogP contribution in [0.1, 0.15) is 44.4 Å². The minimum atomic E-state index is -3.95. The minimum Gasteiger partial charge on any atom is -0.271 e. The third-order valence-electron chi connectivity index (χ3n) is 5.46. The predicted octanol–water partition coefficient (Wildman–Crippen LogP) is 5.03. The standard InChI is InChI=1S/C27H31N3O3S/c1-20-11-17-25(18-12-20)34(32,33)30(24-9-7-6-8-10-24)19-26(31)29-28-21(2)22-13-15-23(16-14-22)27(3,4)5/h6-18H,19H2,1-5H3,(H,29,31)/b28-21-. The molecule has 0 aliphatic heterocycles. The SMILES string of the molecule is C/C(=N/NC(=O)CN(c1ccccc1)S(=O)(=O)c1ccc(C)cc1)c1ccc(C(C)(C)C)cc1. The zero-order chi connectivity index (χ0) is 24.9. The number of anilines is 1. The first-order chi connectivity index (χ1) is 16.0. The molecule has 0 spiro atoms. The molecule has 34 heavy (non-hydrogen) atoms. The first-order valence-corrected chi connectivity index (χ1v) is 12.5. The van der Waals surface area contributed by atoms with E-state index in [-0.39, 0.29) is 10.3 Å². The van der Waals surface area contributed by atoms with Crippen LogP contribution in [0.2, 0.25) is 0 Å². The Labute approximate surface area is 202 Å². The summed E-state index contributed by atoms with van der Waals surface area (Å²) in [6.07, 6.45) is 0. The first kappa shape index (κ1) is 25.2. The van der Waals surface area contributed by atoms with E-state index in [9.17, 15) is 13.2 Å². The highest BCUT2D eigenvalue weighted by molar-refractivity contribution is 7.92. The number of benzene rings is 3. The number of nitrogens with one attached hydrogen (secondary N) is 1. The van der Waals surface area contributed by atoms with Crippen molar-refractivity contribution in [2.45, 2.75) is 44.9 Å². The molecule has 1 N–H and O–H groups in total. The summed E-state index contributed by atoms with van der Waals surface area (Å²) in [6, 6.07) is 23.1. The second-order valence-corrected chi connectivity index (χ2v) is 11.1. The summed E-state index contributed by atoms with van der Waals surface area (Å²) in [5.74, 6) is -0.537. The number of rotatable bonds is 7. The van der Waals surface area contributed by atoms with Crippen molar-refractivity contribution < 1.29 is 13.2 Å². The second-order valence-electron chi connectivity index (χ2n) is 9.22. The number of hydrazone groups is 1. The minimum absolute atomic E-state index is 0.0433. The normalized spacial score (nSPS) is 12.3. The van der Waals surface area contributed by atoms with E-state index in [1.165, 1.54) is 5.56 Å². The summed E-state index contributed by atoms with van der Waals surface area (Å²) in [7, 11) is -3.95. The van der Waals surface area contributed by atoms with Gasteiger partial charge in [0.2, 0.25) is 0 Å². The van der Waals surface area contributed by atoms with Crippen LogP contribution >= 0.6 is 0 Å². The molecule has 3 rings (SSSR count).